The molecule has 1 aliphatic heterocycles. The van der Waals surface area contributed by atoms with E-state index in [2.05, 4.69) is 23.9 Å². The number of methoxy groups -OCH3 is 1. The van der Waals surface area contributed by atoms with E-state index in [1.807, 2.05) is 35.2 Å². The molecule has 8 heteroatoms. The number of hydrogen-bond donors (Lipinski definition) is 1. The lowest BCUT2D eigenvalue weighted by Gasteiger charge is -2.42. The Hall–Kier alpha value is -3.19. The van der Waals surface area contributed by atoms with Crippen molar-refractivity contribution in [3.8, 4) is 0 Å². The van der Waals surface area contributed by atoms with Crippen LogP contribution in [0.1, 0.15) is 67.4 Å². The monoisotopic (exact) mass is 537 g/mol. The average molecular weight is 538 g/mol. The molecule has 1 spiro atoms. The standard InChI is InChI=1S/C30H36ClN3O4/c1-20(2)22-11-15-30(16-12-22)33-27(24-5-4-6-25(31)19-24)29(37)34(30)18-14-21-7-9-23(10-8-21)28(36)32-17-13-26(35)38-3/h4-10,19-20,22H,11-18H2,1-3H3,(H,32,36). The van der Waals surface area contributed by atoms with E-state index in [1.165, 1.54) is 7.11 Å². The molecule has 1 aliphatic carbocycles. The predicted octanol–water partition coefficient (Wildman–Crippen LogP) is 5.05. The zero-order valence-electron chi connectivity index (χ0n) is 22.3. The van der Waals surface area contributed by atoms with E-state index >= 15 is 0 Å². The molecule has 38 heavy (non-hydrogen) atoms. The fourth-order valence-corrected chi connectivity index (χ4v) is 5.65. The highest BCUT2D eigenvalue weighted by Crippen LogP contribution is 2.43. The van der Waals surface area contributed by atoms with Crippen molar-refractivity contribution in [2.75, 3.05) is 20.2 Å². The quantitative estimate of drug-likeness (QED) is 0.453. The highest BCUT2D eigenvalue weighted by atomic mass is 35.5. The van der Waals surface area contributed by atoms with E-state index < -0.39 is 5.66 Å². The Morgan fingerprint density at radius 3 is 2.50 bits per heavy atom. The number of benzene rings is 2. The van der Waals surface area contributed by atoms with Gasteiger partial charge in [0.1, 0.15) is 11.4 Å². The number of ether oxygens (including phenoxy) is 1. The Morgan fingerprint density at radius 1 is 1.16 bits per heavy atom. The first-order chi connectivity index (χ1) is 18.2. The molecule has 2 aliphatic rings. The molecule has 1 N–H and O–H groups in total. The summed E-state index contributed by atoms with van der Waals surface area (Å²) in [4.78, 5) is 44.4. The van der Waals surface area contributed by atoms with Gasteiger partial charge < -0.3 is 15.0 Å². The molecule has 0 unspecified atom stereocenters. The fourth-order valence-electron chi connectivity index (χ4n) is 5.46. The van der Waals surface area contributed by atoms with Crippen molar-refractivity contribution in [1.82, 2.24) is 10.2 Å². The van der Waals surface area contributed by atoms with Crippen LogP contribution >= 0.6 is 11.6 Å². The van der Waals surface area contributed by atoms with Crippen LogP contribution < -0.4 is 5.32 Å². The Balaban J connectivity index is 1.45. The Morgan fingerprint density at radius 2 is 1.87 bits per heavy atom. The number of halogens is 1. The minimum Gasteiger partial charge on any atom is -0.469 e. The summed E-state index contributed by atoms with van der Waals surface area (Å²) in [6.45, 7) is 5.30. The summed E-state index contributed by atoms with van der Waals surface area (Å²) < 4.78 is 4.59. The van der Waals surface area contributed by atoms with Crippen molar-refractivity contribution in [1.29, 1.82) is 0 Å². The van der Waals surface area contributed by atoms with E-state index in [1.54, 1.807) is 18.2 Å². The fraction of sp³-hybridized carbons (Fsp3) is 0.467. The lowest BCUT2D eigenvalue weighted by Crippen LogP contribution is -2.50. The van der Waals surface area contributed by atoms with E-state index in [0.717, 1.165) is 36.8 Å². The van der Waals surface area contributed by atoms with Gasteiger partial charge in [-0.3, -0.25) is 19.4 Å². The van der Waals surface area contributed by atoms with Crippen LogP contribution in [0, 0.1) is 11.8 Å². The van der Waals surface area contributed by atoms with E-state index in [4.69, 9.17) is 16.6 Å². The van der Waals surface area contributed by atoms with Crippen molar-refractivity contribution < 1.29 is 19.1 Å². The van der Waals surface area contributed by atoms with Crippen LogP contribution in [0.2, 0.25) is 5.02 Å². The lowest BCUT2D eigenvalue weighted by molar-refractivity contribution is -0.140. The summed E-state index contributed by atoms with van der Waals surface area (Å²) in [6.07, 6.45) is 4.60. The van der Waals surface area contributed by atoms with Gasteiger partial charge in [0.15, 0.2) is 0 Å². The van der Waals surface area contributed by atoms with Crippen LogP contribution in [0.15, 0.2) is 53.5 Å². The molecular weight excluding hydrogens is 502 g/mol. The topological polar surface area (TPSA) is 88.1 Å². The molecule has 1 saturated carbocycles. The maximum absolute atomic E-state index is 13.7. The highest BCUT2D eigenvalue weighted by molar-refractivity contribution is 6.47. The van der Waals surface area contributed by atoms with Crippen molar-refractivity contribution in [3.63, 3.8) is 0 Å². The summed E-state index contributed by atoms with van der Waals surface area (Å²) in [5.74, 6) is 0.613. The Labute approximate surface area is 229 Å². The number of nitrogens with zero attached hydrogens (tertiary/aromatic N) is 2. The SMILES string of the molecule is COC(=O)CCNC(=O)c1ccc(CCN2C(=O)C(c3cccc(Cl)c3)=NC23CCC(C(C)C)CC3)cc1. The number of carbonyl (C=O) groups excluding carboxylic acids is 3. The summed E-state index contributed by atoms with van der Waals surface area (Å²) in [6, 6.07) is 14.7. The van der Waals surface area contributed by atoms with Crippen molar-refractivity contribution in [2.45, 2.75) is 58.0 Å². The van der Waals surface area contributed by atoms with Gasteiger partial charge in [0, 0.05) is 29.2 Å². The molecule has 2 aromatic rings. The molecule has 1 heterocycles. The molecule has 2 aromatic carbocycles. The zero-order chi connectivity index (χ0) is 27.3. The number of amides is 2. The molecule has 2 amide bonds. The second-order valence-corrected chi connectivity index (χ2v) is 11.0. The van der Waals surface area contributed by atoms with Crippen molar-refractivity contribution >= 4 is 35.1 Å². The molecular formula is C30H36ClN3O4. The van der Waals surface area contributed by atoms with Crippen molar-refractivity contribution in [2.24, 2.45) is 16.8 Å². The molecule has 0 aromatic heterocycles. The van der Waals surface area contributed by atoms with Crippen LogP contribution in [0.3, 0.4) is 0 Å². The predicted molar refractivity (Wildman–Crippen MR) is 148 cm³/mol. The van der Waals surface area contributed by atoms with Crippen LogP contribution in [-0.4, -0.2) is 54.3 Å². The van der Waals surface area contributed by atoms with E-state index in [-0.39, 0.29) is 30.7 Å². The second kappa shape index (κ2) is 12.1. The number of hydrogen-bond acceptors (Lipinski definition) is 5. The summed E-state index contributed by atoms with van der Waals surface area (Å²) in [5, 5.41) is 3.31. The third kappa shape index (κ3) is 6.26. The van der Waals surface area contributed by atoms with Gasteiger partial charge in [-0.2, -0.15) is 0 Å². The molecule has 0 saturated heterocycles. The first kappa shape index (κ1) is 27.8. The smallest absolute Gasteiger partial charge is 0.307 e. The molecule has 4 rings (SSSR count). The van der Waals surface area contributed by atoms with Gasteiger partial charge in [-0.05, 0) is 73.8 Å². The number of aliphatic imine (C=N–C) groups is 1. The Kier molecular flexibility index (Phi) is 8.87. The summed E-state index contributed by atoms with van der Waals surface area (Å²) >= 11 is 6.23. The van der Waals surface area contributed by atoms with Crippen LogP contribution in [0.25, 0.3) is 0 Å². The maximum atomic E-state index is 13.7. The third-order valence-electron chi connectivity index (χ3n) is 7.82. The Bertz CT molecular complexity index is 1200. The lowest BCUT2D eigenvalue weighted by atomic mass is 9.76. The summed E-state index contributed by atoms with van der Waals surface area (Å²) in [7, 11) is 1.32. The molecule has 7 nitrogen and oxygen atoms in total. The van der Waals surface area contributed by atoms with Gasteiger partial charge in [0.2, 0.25) is 0 Å². The first-order valence-electron chi connectivity index (χ1n) is 13.3. The minimum atomic E-state index is -0.514. The number of carbonyl (C=O) groups is 3. The minimum absolute atomic E-state index is 0.0446. The number of esters is 1. The number of rotatable bonds is 9. The van der Waals surface area contributed by atoms with Crippen LogP contribution in [0.4, 0.5) is 0 Å². The zero-order valence-corrected chi connectivity index (χ0v) is 23.1. The van der Waals surface area contributed by atoms with Crippen molar-refractivity contribution in [3.05, 3.63) is 70.2 Å². The highest BCUT2D eigenvalue weighted by Gasteiger charge is 2.48. The molecule has 0 radical (unpaired) electrons. The van der Waals surface area contributed by atoms with Gasteiger partial charge in [0.05, 0.1) is 13.5 Å². The maximum Gasteiger partial charge on any atom is 0.307 e. The second-order valence-electron chi connectivity index (χ2n) is 10.5. The van der Waals surface area contributed by atoms with Gasteiger partial charge >= 0.3 is 5.97 Å². The third-order valence-corrected chi connectivity index (χ3v) is 8.06. The first-order valence-corrected chi connectivity index (χ1v) is 13.7. The molecule has 1 fully saturated rings. The van der Waals surface area contributed by atoms with E-state index in [9.17, 15) is 14.4 Å². The summed E-state index contributed by atoms with van der Waals surface area (Å²) in [5.41, 5.74) is 2.30. The van der Waals surface area contributed by atoms with Gasteiger partial charge in [-0.25, -0.2) is 0 Å². The molecule has 0 atom stereocenters. The van der Waals surface area contributed by atoms with E-state index in [0.29, 0.717) is 41.1 Å². The average Bonchev–Trinajstić information content (AvgIpc) is 3.18. The van der Waals surface area contributed by atoms with Gasteiger partial charge in [0.25, 0.3) is 11.8 Å². The van der Waals surface area contributed by atoms with Gasteiger partial charge in [-0.15, -0.1) is 0 Å². The number of nitrogens with one attached hydrogen (secondary N) is 1. The molecule has 202 valence electrons. The van der Waals surface area contributed by atoms with Crippen LogP contribution in [-0.2, 0) is 20.7 Å². The van der Waals surface area contributed by atoms with Gasteiger partial charge in [-0.1, -0.05) is 49.7 Å². The van der Waals surface area contributed by atoms with Crippen LogP contribution in [0.5, 0.6) is 0 Å². The molecule has 0 bridgehead atoms. The largest absolute Gasteiger partial charge is 0.469 e. The normalized spacial score (nSPS) is 21.1.